The third-order valence-corrected chi connectivity index (χ3v) is 3.07. The van der Waals surface area contributed by atoms with E-state index < -0.39 is 11.8 Å². The maximum absolute atomic E-state index is 11.9. The van der Waals surface area contributed by atoms with Gasteiger partial charge in [-0.3, -0.25) is 4.79 Å². The summed E-state index contributed by atoms with van der Waals surface area (Å²) >= 11 is 0. The fourth-order valence-corrected chi connectivity index (χ4v) is 2.01. The van der Waals surface area contributed by atoms with Crippen molar-refractivity contribution in [3.8, 4) is 11.5 Å². The van der Waals surface area contributed by atoms with Crippen molar-refractivity contribution in [1.82, 2.24) is 0 Å². The SMILES string of the molecule is CCOC(=O)C(=O)c1ccc(OC2CCOC2)c(OC)c1. The Balaban J connectivity index is 2.15. The van der Waals surface area contributed by atoms with Gasteiger partial charge in [0, 0.05) is 12.0 Å². The maximum atomic E-state index is 11.9. The number of methoxy groups -OCH3 is 1. The van der Waals surface area contributed by atoms with Crippen molar-refractivity contribution < 1.29 is 28.5 Å². The van der Waals surface area contributed by atoms with Crippen LogP contribution >= 0.6 is 0 Å². The third kappa shape index (κ3) is 3.72. The van der Waals surface area contributed by atoms with E-state index in [0.717, 1.165) is 6.42 Å². The van der Waals surface area contributed by atoms with Gasteiger partial charge in [0.2, 0.25) is 0 Å². The number of hydrogen-bond acceptors (Lipinski definition) is 6. The van der Waals surface area contributed by atoms with E-state index in [-0.39, 0.29) is 18.3 Å². The molecule has 1 saturated heterocycles. The van der Waals surface area contributed by atoms with E-state index in [4.69, 9.17) is 18.9 Å². The number of ketones is 1. The molecule has 6 heteroatoms. The molecule has 0 aromatic heterocycles. The third-order valence-electron chi connectivity index (χ3n) is 3.07. The lowest BCUT2D eigenvalue weighted by Gasteiger charge is -2.15. The molecule has 2 rings (SSSR count). The maximum Gasteiger partial charge on any atom is 0.379 e. The summed E-state index contributed by atoms with van der Waals surface area (Å²) < 4.78 is 20.9. The van der Waals surface area contributed by atoms with Gasteiger partial charge in [-0.1, -0.05) is 0 Å². The van der Waals surface area contributed by atoms with Crippen molar-refractivity contribution in [3.05, 3.63) is 23.8 Å². The Morgan fingerprint density at radius 3 is 2.76 bits per heavy atom. The second-order valence-electron chi connectivity index (χ2n) is 4.52. The van der Waals surface area contributed by atoms with Crippen molar-refractivity contribution in [3.63, 3.8) is 0 Å². The summed E-state index contributed by atoms with van der Waals surface area (Å²) in [5.74, 6) is -0.659. The zero-order valence-corrected chi connectivity index (χ0v) is 12.1. The van der Waals surface area contributed by atoms with Crippen molar-refractivity contribution >= 4 is 11.8 Å². The second kappa shape index (κ2) is 7.08. The minimum atomic E-state index is -0.877. The highest BCUT2D eigenvalue weighted by molar-refractivity contribution is 6.40. The molecule has 0 amide bonds. The van der Waals surface area contributed by atoms with Gasteiger partial charge in [-0.25, -0.2) is 4.79 Å². The molecule has 6 nitrogen and oxygen atoms in total. The fourth-order valence-electron chi connectivity index (χ4n) is 2.01. The quantitative estimate of drug-likeness (QED) is 0.451. The van der Waals surface area contributed by atoms with Crippen LogP contribution in [0.3, 0.4) is 0 Å². The predicted molar refractivity (Wildman–Crippen MR) is 73.8 cm³/mol. The van der Waals surface area contributed by atoms with E-state index in [1.807, 2.05) is 0 Å². The topological polar surface area (TPSA) is 71.1 Å². The van der Waals surface area contributed by atoms with E-state index in [9.17, 15) is 9.59 Å². The normalized spacial score (nSPS) is 17.3. The monoisotopic (exact) mass is 294 g/mol. The van der Waals surface area contributed by atoms with Crippen LogP contribution in [0.1, 0.15) is 23.7 Å². The van der Waals surface area contributed by atoms with E-state index in [0.29, 0.717) is 24.7 Å². The Bertz CT molecular complexity index is 519. The van der Waals surface area contributed by atoms with Crippen molar-refractivity contribution in [2.24, 2.45) is 0 Å². The average molecular weight is 294 g/mol. The number of esters is 1. The average Bonchev–Trinajstić information content (AvgIpc) is 3.00. The molecule has 0 bridgehead atoms. The van der Waals surface area contributed by atoms with Gasteiger partial charge in [-0.15, -0.1) is 0 Å². The Kier molecular flexibility index (Phi) is 5.16. The minimum Gasteiger partial charge on any atom is -0.493 e. The molecule has 114 valence electrons. The first-order valence-electron chi connectivity index (χ1n) is 6.79. The molecule has 21 heavy (non-hydrogen) atoms. The summed E-state index contributed by atoms with van der Waals surface area (Å²) in [7, 11) is 1.48. The van der Waals surface area contributed by atoms with E-state index in [1.165, 1.54) is 19.2 Å². The number of Topliss-reactive ketones (excluding diaryl/α,β-unsaturated/α-hetero) is 1. The lowest BCUT2D eigenvalue weighted by atomic mass is 10.1. The fraction of sp³-hybridized carbons (Fsp3) is 0.467. The summed E-state index contributed by atoms with van der Waals surface area (Å²) in [6, 6.07) is 4.61. The van der Waals surface area contributed by atoms with E-state index in [1.54, 1.807) is 13.0 Å². The molecule has 1 heterocycles. The number of benzene rings is 1. The smallest absolute Gasteiger partial charge is 0.379 e. The summed E-state index contributed by atoms with van der Waals surface area (Å²) in [6.45, 7) is 3.01. The van der Waals surface area contributed by atoms with Gasteiger partial charge < -0.3 is 18.9 Å². The van der Waals surface area contributed by atoms with Crippen LogP contribution in [0.15, 0.2) is 18.2 Å². The van der Waals surface area contributed by atoms with Gasteiger partial charge in [-0.2, -0.15) is 0 Å². The van der Waals surface area contributed by atoms with Crippen LogP contribution in [0.25, 0.3) is 0 Å². The van der Waals surface area contributed by atoms with Gasteiger partial charge in [0.1, 0.15) is 6.10 Å². The molecular weight excluding hydrogens is 276 g/mol. The van der Waals surface area contributed by atoms with Gasteiger partial charge >= 0.3 is 5.97 Å². The van der Waals surface area contributed by atoms with Gasteiger partial charge in [-0.05, 0) is 25.1 Å². The molecule has 0 saturated carbocycles. The molecule has 1 aromatic carbocycles. The summed E-state index contributed by atoms with van der Waals surface area (Å²) in [4.78, 5) is 23.3. The molecule has 1 unspecified atom stereocenters. The first-order chi connectivity index (χ1) is 10.2. The van der Waals surface area contributed by atoms with Crippen LogP contribution in [-0.2, 0) is 14.3 Å². The van der Waals surface area contributed by atoms with Crippen LogP contribution in [0.2, 0.25) is 0 Å². The second-order valence-corrected chi connectivity index (χ2v) is 4.52. The molecule has 1 aliphatic rings. The number of ether oxygens (including phenoxy) is 4. The largest absolute Gasteiger partial charge is 0.493 e. The van der Waals surface area contributed by atoms with Gasteiger partial charge in [0.25, 0.3) is 5.78 Å². The van der Waals surface area contributed by atoms with E-state index >= 15 is 0 Å². The summed E-state index contributed by atoms with van der Waals surface area (Å²) in [5.41, 5.74) is 0.209. The van der Waals surface area contributed by atoms with Crippen molar-refractivity contribution in [2.75, 3.05) is 26.9 Å². The Hall–Kier alpha value is -2.08. The molecule has 1 aromatic rings. The molecule has 0 aliphatic carbocycles. The molecule has 0 N–H and O–H groups in total. The molecular formula is C15H18O6. The van der Waals surface area contributed by atoms with Crippen LogP contribution in [0.5, 0.6) is 11.5 Å². The Labute approximate surface area is 122 Å². The first kappa shape index (κ1) is 15.3. The number of hydrogen-bond donors (Lipinski definition) is 0. The van der Waals surface area contributed by atoms with Crippen LogP contribution in [0, 0.1) is 0 Å². The highest BCUT2D eigenvalue weighted by Crippen LogP contribution is 2.30. The van der Waals surface area contributed by atoms with Crippen LogP contribution in [0.4, 0.5) is 0 Å². The zero-order chi connectivity index (χ0) is 15.2. The van der Waals surface area contributed by atoms with Crippen LogP contribution < -0.4 is 9.47 Å². The summed E-state index contributed by atoms with van der Waals surface area (Å²) in [5, 5.41) is 0. The van der Waals surface area contributed by atoms with Crippen LogP contribution in [-0.4, -0.2) is 44.8 Å². The Morgan fingerprint density at radius 1 is 1.33 bits per heavy atom. The Morgan fingerprint density at radius 2 is 2.14 bits per heavy atom. The lowest BCUT2D eigenvalue weighted by Crippen LogP contribution is -2.18. The predicted octanol–water partition coefficient (Wildman–Crippen LogP) is 1.61. The van der Waals surface area contributed by atoms with Gasteiger partial charge in [0.05, 0.1) is 26.9 Å². The van der Waals surface area contributed by atoms with E-state index in [2.05, 4.69) is 0 Å². The minimum absolute atomic E-state index is 0.0227. The first-order valence-corrected chi connectivity index (χ1v) is 6.79. The molecule has 1 atom stereocenters. The highest BCUT2D eigenvalue weighted by Gasteiger charge is 2.22. The highest BCUT2D eigenvalue weighted by atomic mass is 16.6. The molecule has 0 radical (unpaired) electrons. The lowest BCUT2D eigenvalue weighted by molar-refractivity contribution is -0.137. The number of carbonyl (C=O) groups excluding carboxylic acids is 2. The molecule has 0 spiro atoms. The molecule has 1 fully saturated rings. The van der Waals surface area contributed by atoms with Crippen molar-refractivity contribution in [1.29, 1.82) is 0 Å². The van der Waals surface area contributed by atoms with Crippen molar-refractivity contribution in [2.45, 2.75) is 19.4 Å². The van der Waals surface area contributed by atoms with Gasteiger partial charge in [0.15, 0.2) is 11.5 Å². The number of rotatable bonds is 6. The number of carbonyl (C=O) groups is 2. The zero-order valence-electron chi connectivity index (χ0n) is 12.1. The summed E-state index contributed by atoms with van der Waals surface area (Å²) in [6.07, 6.45) is 0.789. The molecule has 1 aliphatic heterocycles. The standard InChI is InChI=1S/C15H18O6/c1-3-20-15(17)14(16)10-4-5-12(13(8-10)18-2)21-11-6-7-19-9-11/h4-5,8,11H,3,6-7,9H2,1-2H3.